The van der Waals surface area contributed by atoms with E-state index < -0.39 is 5.97 Å². The highest BCUT2D eigenvalue weighted by molar-refractivity contribution is 5.98. The molecule has 0 aliphatic rings. The number of carbonyl (C=O) groups excluding carboxylic acids is 2. The maximum Gasteiger partial charge on any atom is 0.303 e. The van der Waals surface area contributed by atoms with Gasteiger partial charge in [0, 0.05) is 14.0 Å². The molecule has 0 heterocycles. The average molecular weight is 458 g/mol. The highest BCUT2D eigenvalue weighted by Crippen LogP contribution is 2.34. The van der Waals surface area contributed by atoms with Gasteiger partial charge in [-0.2, -0.15) is 0 Å². The van der Waals surface area contributed by atoms with Gasteiger partial charge in [0.2, 0.25) is 0 Å². The van der Waals surface area contributed by atoms with E-state index in [1.165, 1.54) is 34.1 Å². The second-order valence-electron chi connectivity index (χ2n) is 7.91. The van der Waals surface area contributed by atoms with E-state index >= 15 is 0 Å². The van der Waals surface area contributed by atoms with Crippen LogP contribution in [0.25, 0.3) is 11.1 Å². The summed E-state index contributed by atoms with van der Waals surface area (Å²) in [7, 11) is 1.66. The van der Waals surface area contributed by atoms with E-state index in [2.05, 4.69) is 67.6 Å². The Hall–Kier alpha value is -3.86. The van der Waals surface area contributed by atoms with E-state index in [1.807, 2.05) is 24.3 Å². The van der Waals surface area contributed by atoms with Gasteiger partial charge in [0.1, 0.15) is 12.4 Å². The summed E-state index contributed by atoms with van der Waals surface area (Å²) in [5.74, 6) is -0.00458. The van der Waals surface area contributed by atoms with Crippen LogP contribution >= 0.6 is 0 Å². The van der Waals surface area contributed by atoms with Crippen molar-refractivity contribution >= 4 is 23.0 Å². The van der Waals surface area contributed by atoms with Gasteiger partial charge in [-0.05, 0) is 46.4 Å². The third-order valence-electron chi connectivity index (χ3n) is 5.50. The standard InChI is InChI=1S/C29H31NO4/c1-4-27(23-11-7-5-8-12-23)29(24-13-9-6-10-14-24)25-15-17-26(18-16-25)33-20-19-30(3)28(32)21-34-22(2)31/h5-18H,4,19-21H2,1-3H3/b29-27-. The molecule has 0 aromatic heterocycles. The topological polar surface area (TPSA) is 55.8 Å². The minimum Gasteiger partial charge on any atom is -0.492 e. The van der Waals surface area contributed by atoms with Crippen molar-refractivity contribution in [2.75, 3.05) is 26.8 Å². The van der Waals surface area contributed by atoms with Crippen LogP contribution < -0.4 is 4.74 Å². The number of amides is 1. The van der Waals surface area contributed by atoms with Crippen LogP contribution in [0, 0.1) is 0 Å². The molecule has 3 aromatic carbocycles. The van der Waals surface area contributed by atoms with E-state index in [1.54, 1.807) is 7.05 Å². The van der Waals surface area contributed by atoms with Crippen LogP contribution in [0.1, 0.15) is 37.0 Å². The van der Waals surface area contributed by atoms with Crippen molar-refractivity contribution < 1.29 is 19.1 Å². The molecular weight excluding hydrogens is 426 g/mol. The highest BCUT2D eigenvalue weighted by atomic mass is 16.5. The molecule has 3 rings (SSSR count). The molecule has 0 bridgehead atoms. The van der Waals surface area contributed by atoms with Crippen molar-refractivity contribution in [3.05, 3.63) is 102 Å². The van der Waals surface area contributed by atoms with E-state index in [0.717, 1.165) is 17.7 Å². The summed E-state index contributed by atoms with van der Waals surface area (Å²) in [5, 5.41) is 0. The quantitative estimate of drug-likeness (QED) is 0.300. The first kappa shape index (κ1) is 24.8. The van der Waals surface area contributed by atoms with Crippen molar-refractivity contribution in [2.24, 2.45) is 0 Å². The van der Waals surface area contributed by atoms with Gasteiger partial charge in [-0.25, -0.2) is 0 Å². The lowest BCUT2D eigenvalue weighted by atomic mass is 9.88. The molecule has 0 fully saturated rings. The Balaban J connectivity index is 1.76. The summed E-state index contributed by atoms with van der Waals surface area (Å²) >= 11 is 0. The maximum atomic E-state index is 11.9. The fourth-order valence-electron chi connectivity index (χ4n) is 3.70. The number of allylic oxidation sites excluding steroid dienone is 1. The number of carbonyl (C=O) groups is 2. The molecule has 5 heteroatoms. The zero-order chi connectivity index (χ0) is 24.3. The number of benzene rings is 3. The molecule has 0 N–H and O–H groups in total. The Bertz CT molecular complexity index is 1110. The zero-order valence-corrected chi connectivity index (χ0v) is 20.0. The summed E-state index contributed by atoms with van der Waals surface area (Å²) in [6, 6.07) is 29.0. The van der Waals surface area contributed by atoms with E-state index in [-0.39, 0.29) is 12.5 Å². The van der Waals surface area contributed by atoms with Crippen LogP contribution in [0.5, 0.6) is 5.75 Å². The molecule has 1 amide bonds. The van der Waals surface area contributed by atoms with Gasteiger partial charge < -0.3 is 14.4 Å². The summed E-state index contributed by atoms with van der Waals surface area (Å²) in [5.41, 5.74) is 5.99. The van der Waals surface area contributed by atoms with Crippen LogP contribution in [-0.4, -0.2) is 43.6 Å². The van der Waals surface area contributed by atoms with Crippen molar-refractivity contribution in [3.8, 4) is 5.75 Å². The van der Waals surface area contributed by atoms with Gasteiger partial charge in [0.15, 0.2) is 6.61 Å². The smallest absolute Gasteiger partial charge is 0.303 e. The Morgan fingerprint density at radius 1 is 0.794 bits per heavy atom. The first-order valence-corrected chi connectivity index (χ1v) is 11.4. The van der Waals surface area contributed by atoms with Crippen molar-refractivity contribution in [3.63, 3.8) is 0 Å². The van der Waals surface area contributed by atoms with Crippen molar-refractivity contribution in [1.29, 1.82) is 0 Å². The lowest BCUT2D eigenvalue weighted by molar-refractivity contribution is -0.149. The van der Waals surface area contributed by atoms with E-state index in [4.69, 9.17) is 9.47 Å². The molecule has 3 aromatic rings. The first-order valence-electron chi connectivity index (χ1n) is 11.4. The summed E-state index contributed by atoms with van der Waals surface area (Å²) in [6.45, 7) is 3.94. The normalized spacial score (nSPS) is 11.4. The molecule has 0 saturated carbocycles. The Morgan fingerprint density at radius 2 is 1.35 bits per heavy atom. The van der Waals surface area contributed by atoms with E-state index in [0.29, 0.717) is 13.2 Å². The van der Waals surface area contributed by atoms with Crippen LogP contribution in [0.15, 0.2) is 84.9 Å². The summed E-state index contributed by atoms with van der Waals surface area (Å²) in [4.78, 5) is 24.3. The first-order chi connectivity index (χ1) is 16.5. The molecule has 0 aliphatic carbocycles. The molecule has 0 radical (unpaired) electrons. The van der Waals surface area contributed by atoms with Crippen LogP contribution in [0.2, 0.25) is 0 Å². The van der Waals surface area contributed by atoms with Gasteiger partial charge >= 0.3 is 5.97 Å². The van der Waals surface area contributed by atoms with Crippen LogP contribution in [-0.2, 0) is 14.3 Å². The molecule has 0 aliphatic heterocycles. The molecule has 176 valence electrons. The number of rotatable bonds is 10. The average Bonchev–Trinajstić information content (AvgIpc) is 2.87. The minimum absolute atomic E-state index is 0.254. The molecular formula is C29H31NO4. The van der Waals surface area contributed by atoms with Crippen molar-refractivity contribution in [1.82, 2.24) is 4.90 Å². The fourth-order valence-corrected chi connectivity index (χ4v) is 3.70. The molecule has 0 spiro atoms. The Morgan fingerprint density at radius 3 is 1.91 bits per heavy atom. The van der Waals surface area contributed by atoms with Gasteiger partial charge in [-0.3, -0.25) is 9.59 Å². The van der Waals surface area contributed by atoms with Gasteiger partial charge in [0.25, 0.3) is 5.91 Å². The third kappa shape index (κ3) is 6.82. The van der Waals surface area contributed by atoms with Gasteiger partial charge in [-0.1, -0.05) is 79.7 Å². The molecule has 0 saturated heterocycles. The van der Waals surface area contributed by atoms with Gasteiger partial charge in [0.05, 0.1) is 6.54 Å². The van der Waals surface area contributed by atoms with E-state index in [9.17, 15) is 9.59 Å². The molecule has 34 heavy (non-hydrogen) atoms. The third-order valence-corrected chi connectivity index (χ3v) is 5.50. The predicted octanol–water partition coefficient (Wildman–Crippen LogP) is 5.46. The van der Waals surface area contributed by atoms with Gasteiger partial charge in [-0.15, -0.1) is 0 Å². The minimum atomic E-state index is -0.472. The Kier molecular flexibility index (Phi) is 9.04. The second-order valence-corrected chi connectivity index (χ2v) is 7.91. The van der Waals surface area contributed by atoms with Crippen LogP contribution in [0.4, 0.5) is 0 Å². The fraction of sp³-hybridized carbons (Fsp3) is 0.241. The second kappa shape index (κ2) is 12.4. The monoisotopic (exact) mass is 457 g/mol. The number of likely N-dealkylation sites (N-methyl/N-ethyl adjacent to an activating group) is 1. The Labute approximate surface area is 201 Å². The van der Waals surface area contributed by atoms with Crippen molar-refractivity contribution in [2.45, 2.75) is 20.3 Å². The lowest BCUT2D eigenvalue weighted by Crippen LogP contribution is -2.34. The number of hydrogen-bond donors (Lipinski definition) is 0. The molecule has 5 nitrogen and oxygen atoms in total. The predicted molar refractivity (Wildman–Crippen MR) is 135 cm³/mol. The lowest BCUT2D eigenvalue weighted by Gasteiger charge is -2.18. The number of esters is 1. The van der Waals surface area contributed by atoms with Crippen LogP contribution in [0.3, 0.4) is 0 Å². The SMILES string of the molecule is CC/C(=C(\c1ccccc1)c1ccc(OCCN(C)C(=O)COC(C)=O)cc1)c1ccccc1. The highest BCUT2D eigenvalue weighted by Gasteiger charge is 2.13. The maximum absolute atomic E-state index is 11.9. The molecule has 0 unspecified atom stereocenters. The zero-order valence-electron chi connectivity index (χ0n) is 20.0. The number of hydrogen-bond acceptors (Lipinski definition) is 4. The summed E-state index contributed by atoms with van der Waals surface area (Å²) < 4.78 is 10.6. The number of ether oxygens (including phenoxy) is 2. The number of nitrogens with zero attached hydrogens (tertiary/aromatic N) is 1. The largest absolute Gasteiger partial charge is 0.492 e. The molecule has 0 atom stereocenters. The summed E-state index contributed by atoms with van der Waals surface area (Å²) in [6.07, 6.45) is 0.903.